The van der Waals surface area contributed by atoms with Gasteiger partial charge in [-0.1, -0.05) is 30.0 Å². The van der Waals surface area contributed by atoms with E-state index in [1.165, 1.54) is 12.1 Å². The van der Waals surface area contributed by atoms with Crippen molar-refractivity contribution >= 4 is 34.5 Å². The number of rotatable bonds is 4. The highest BCUT2D eigenvalue weighted by Crippen LogP contribution is 2.41. The molecule has 0 aromatic heterocycles. The number of aliphatic hydroxyl groups excluding tert-OH is 1. The fraction of sp³-hybridized carbons (Fsp3) is 0.143. The number of nitrogens with zero attached hydrogens (tertiary/aromatic N) is 1. The second kappa shape index (κ2) is 8.00. The molecule has 2 aromatic carbocycles. The van der Waals surface area contributed by atoms with Gasteiger partial charge in [-0.25, -0.2) is 14.2 Å². The van der Waals surface area contributed by atoms with Crippen molar-refractivity contribution < 1.29 is 28.5 Å². The molecule has 29 heavy (non-hydrogen) atoms. The van der Waals surface area contributed by atoms with Crippen LogP contribution >= 0.6 is 11.8 Å². The highest BCUT2D eigenvalue weighted by Gasteiger charge is 2.33. The van der Waals surface area contributed by atoms with E-state index in [4.69, 9.17) is 14.2 Å². The summed E-state index contributed by atoms with van der Waals surface area (Å²) in [5, 5.41) is 10.8. The molecule has 0 saturated carbocycles. The third-order valence-corrected chi connectivity index (χ3v) is 5.16. The first-order valence-corrected chi connectivity index (χ1v) is 9.62. The van der Waals surface area contributed by atoms with Gasteiger partial charge in [-0.2, -0.15) is 0 Å². The molecule has 6 nitrogen and oxygen atoms in total. The quantitative estimate of drug-likeness (QED) is 0.729. The Kier molecular flexibility index (Phi) is 5.26. The van der Waals surface area contributed by atoms with Crippen molar-refractivity contribution in [1.29, 1.82) is 0 Å². The van der Waals surface area contributed by atoms with Gasteiger partial charge in [0.25, 0.3) is 0 Å². The molecule has 2 aliphatic heterocycles. The summed E-state index contributed by atoms with van der Waals surface area (Å²) < 4.78 is 29.7. The summed E-state index contributed by atoms with van der Waals surface area (Å²) in [6.45, 7) is 1.95. The van der Waals surface area contributed by atoms with E-state index < -0.39 is 11.8 Å². The summed E-state index contributed by atoms with van der Waals surface area (Å²) in [7, 11) is 0. The first-order valence-electron chi connectivity index (χ1n) is 8.80. The fourth-order valence-corrected chi connectivity index (χ4v) is 3.83. The second-order valence-electron chi connectivity index (χ2n) is 6.04. The molecule has 0 atom stereocenters. The van der Waals surface area contributed by atoms with Crippen LogP contribution in [0.15, 0.2) is 63.7 Å². The lowest BCUT2D eigenvalue weighted by molar-refractivity contribution is -0.138. The summed E-state index contributed by atoms with van der Waals surface area (Å²) in [4.78, 5) is 17.0. The van der Waals surface area contributed by atoms with E-state index in [1.54, 1.807) is 43.3 Å². The number of aliphatic imine (C=N–C) groups is 1. The minimum Gasteiger partial charge on any atom is -0.506 e. The Morgan fingerprint density at radius 1 is 1.28 bits per heavy atom. The van der Waals surface area contributed by atoms with Gasteiger partial charge < -0.3 is 19.3 Å². The molecular formula is C21H16FNO5S. The number of thioether (sulfide) groups is 1. The van der Waals surface area contributed by atoms with E-state index in [9.17, 15) is 14.3 Å². The number of fused-ring (bicyclic) bond motifs is 1. The van der Waals surface area contributed by atoms with E-state index >= 15 is 0 Å². The van der Waals surface area contributed by atoms with Gasteiger partial charge in [0, 0.05) is 0 Å². The summed E-state index contributed by atoms with van der Waals surface area (Å²) in [6.07, 6.45) is 1.69. The number of hydrogen-bond donors (Lipinski definition) is 1. The molecule has 0 radical (unpaired) electrons. The van der Waals surface area contributed by atoms with Crippen LogP contribution < -0.4 is 9.47 Å². The summed E-state index contributed by atoms with van der Waals surface area (Å²) in [5.41, 5.74) is 0.708. The zero-order chi connectivity index (χ0) is 20.4. The molecule has 0 saturated heterocycles. The van der Waals surface area contributed by atoms with Crippen LogP contribution in [-0.2, 0) is 9.53 Å². The smallest absolute Gasteiger partial charge is 0.344 e. The van der Waals surface area contributed by atoms with Crippen LogP contribution in [0.5, 0.6) is 11.5 Å². The summed E-state index contributed by atoms with van der Waals surface area (Å²) in [6, 6.07) is 11.3. The SMILES string of the molecule is CCOC(=O)C1=C(O)C(=Cc2ccc3c(c2)OCO3)SC1=Nc1ccccc1F. The number of benzene rings is 2. The van der Waals surface area contributed by atoms with E-state index in [-0.39, 0.29) is 35.5 Å². The topological polar surface area (TPSA) is 77.4 Å². The number of hydrogen-bond acceptors (Lipinski definition) is 7. The predicted molar refractivity (Wildman–Crippen MR) is 108 cm³/mol. The van der Waals surface area contributed by atoms with Gasteiger partial charge in [0.05, 0.1) is 11.5 Å². The molecule has 2 aliphatic rings. The van der Waals surface area contributed by atoms with Crippen LogP contribution in [0.25, 0.3) is 6.08 Å². The Balaban J connectivity index is 1.74. The van der Waals surface area contributed by atoms with Gasteiger partial charge in [0.2, 0.25) is 6.79 Å². The van der Waals surface area contributed by atoms with Crippen LogP contribution in [0.4, 0.5) is 10.1 Å². The highest BCUT2D eigenvalue weighted by atomic mass is 32.2. The van der Waals surface area contributed by atoms with Crippen LogP contribution in [0.3, 0.4) is 0 Å². The van der Waals surface area contributed by atoms with Crippen LogP contribution in [-0.4, -0.2) is 29.5 Å². The average Bonchev–Trinajstić information content (AvgIpc) is 3.28. The molecular weight excluding hydrogens is 397 g/mol. The zero-order valence-electron chi connectivity index (χ0n) is 15.3. The van der Waals surface area contributed by atoms with Gasteiger partial charge >= 0.3 is 5.97 Å². The lowest BCUT2D eigenvalue weighted by atomic mass is 10.1. The van der Waals surface area contributed by atoms with Gasteiger partial charge in [-0.15, -0.1) is 0 Å². The van der Waals surface area contributed by atoms with Gasteiger partial charge in [0.1, 0.15) is 27.9 Å². The number of carbonyl (C=O) groups is 1. The number of para-hydroxylation sites is 1. The third kappa shape index (κ3) is 3.84. The fourth-order valence-electron chi connectivity index (χ4n) is 2.80. The molecule has 2 heterocycles. The van der Waals surface area contributed by atoms with Crippen molar-refractivity contribution in [2.45, 2.75) is 6.92 Å². The summed E-state index contributed by atoms with van der Waals surface area (Å²) in [5.74, 6) is -0.281. The molecule has 0 aliphatic carbocycles. The van der Waals surface area contributed by atoms with E-state index in [0.717, 1.165) is 17.3 Å². The normalized spacial score (nSPS) is 18.0. The Morgan fingerprint density at radius 2 is 2.07 bits per heavy atom. The maximum Gasteiger partial charge on any atom is 0.344 e. The van der Waals surface area contributed by atoms with Crippen molar-refractivity contribution in [3.05, 3.63) is 70.1 Å². The third-order valence-electron chi connectivity index (χ3n) is 4.14. The lowest BCUT2D eigenvalue weighted by Crippen LogP contribution is -2.12. The Bertz CT molecular complexity index is 1080. The standard InChI is InChI=1S/C21H16FNO5S/c1-2-26-21(25)18-19(24)17(10-12-7-8-15-16(9-12)28-11-27-15)29-20(18)23-14-6-4-3-5-13(14)22/h3-10,24H,2,11H2,1H3. The van der Waals surface area contributed by atoms with Gasteiger partial charge in [0.15, 0.2) is 11.5 Å². The second-order valence-corrected chi connectivity index (χ2v) is 7.07. The average molecular weight is 413 g/mol. The first-order chi connectivity index (χ1) is 14.1. The number of aliphatic hydroxyl groups is 1. The number of halogens is 1. The Morgan fingerprint density at radius 3 is 2.86 bits per heavy atom. The predicted octanol–water partition coefficient (Wildman–Crippen LogP) is 4.75. The summed E-state index contributed by atoms with van der Waals surface area (Å²) >= 11 is 1.06. The van der Waals surface area contributed by atoms with Gasteiger partial charge in [-0.3, -0.25) is 0 Å². The maximum absolute atomic E-state index is 14.0. The van der Waals surface area contributed by atoms with Crippen molar-refractivity contribution in [3.63, 3.8) is 0 Å². The van der Waals surface area contributed by atoms with E-state index in [2.05, 4.69) is 4.99 Å². The van der Waals surface area contributed by atoms with Gasteiger partial charge in [-0.05, 0) is 42.8 Å². The van der Waals surface area contributed by atoms with Crippen molar-refractivity contribution in [2.75, 3.05) is 13.4 Å². The lowest BCUT2D eigenvalue weighted by Gasteiger charge is -2.04. The highest BCUT2D eigenvalue weighted by molar-refractivity contribution is 8.18. The van der Waals surface area contributed by atoms with E-state index in [0.29, 0.717) is 16.4 Å². The largest absolute Gasteiger partial charge is 0.506 e. The van der Waals surface area contributed by atoms with Crippen LogP contribution in [0, 0.1) is 5.82 Å². The van der Waals surface area contributed by atoms with E-state index in [1.807, 2.05) is 0 Å². The molecule has 0 unspecified atom stereocenters. The molecule has 0 amide bonds. The molecule has 1 N–H and O–H groups in total. The number of carbonyl (C=O) groups excluding carboxylic acids is 1. The number of ether oxygens (including phenoxy) is 3. The van der Waals surface area contributed by atoms with Crippen molar-refractivity contribution in [2.24, 2.45) is 4.99 Å². The minimum atomic E-state index is -0.721. The Labute approximate surface area is 170 Å². The molecule has 148 valence electrons. The minimum absolute atomic E-state index is 0.0638. The molecule has 8 heteroatoms. The molecule has 2 aromatic rings. The monoisotopic (exact) mass is 413 g/mol. The number of esters is 1. The first kappa shape index (κ1) is 19.1. The zero-order valence-corrected chi connectivity index (χ0v) is 16.2. The van der Waals surface area contributed by atoms with Crippen LogP contribution in [0.2, 0.25) is 0 Å². The van der Waals surface area contributed by atoms with Crippen LogP contribution in [0.1, 0.15) is 12.5 Å². The molecule has 0 fully saturated rings. The molecule has 0 spiro atoms. The molecule has 4 rings (SSSR count). The molecule has 0 bridgehead atoms. The Hall–Kier alpha value is -3.26. The maximum atomic E-state index is 14.0. The van der Waals surface area contributed by atoms with Crippen molar-refractivity contribution in [1.82, 2.24) is 0 Å². The van der Waals surface area contributed by atoms with Crippen molar-refractivity contribution in [3.8, 4) is 11.5 Å².